The number of rotatable bonds is 4. The fraction of sp³-hybridized carbons (Fsp3) is 0.174. The van der Waals surface area contributed by atoms with E-state index in [0.29, 0.717) is 18.5 Å². The molecule has 2 aromatic carbocycles. The van der Waals surface area contributed by atoms with Gasteiger partial charge in [-0.1, -0.05) is 30.3 Å². The van der Waals surface area contributed by atoms with Crippen molar-refractivity contribution in [2.45, 2.75) is 19.4 Å². The Bertz CT molecular complexity index is 1020. The Labute approximate surface area is 169 Å². The van der Waals surface area contributed by atoms with Crippen LogP contribution in [0.4, 0.5) is 16.2 Å². The Morgan fingerprint density at radius 3 is 2.62 bits per heavy atom. The van der Waals surface area contributed by atoms with Gasteiger partial charge >= 0.3 is 6.03 Å². The average molecular weight is 386 g/mol. The maximum absolute atomic E-state index is 12.9. The van der Waals surface area contributed by atoms with Crippen LogP contribution >= 0.6 is 0 Å². The van der Waals surface area contributed by atoms with E-state index in [-0.39, 0.29) is 18.0 Å². The van der Waals surface area contributed by atoms with E-state index in [4.69, 9.17) is 0 Å². The van der Waals surface area contributed by atoms with Crippen LogP contribution in [-0.4, -0.2) is 23.5 Å². The second-order valence-electron chi connectivity index (χ2n) is 6.98. The van der Waals surface area contributed by atoms with Gasteiger partial charge in [-0.15, -0.1) is 0 Å². The minimum atomic E-state index is -0.198. The molecule has 0 saturated carbocycles. The number of para-hydroxylation sites is 1. The highest BCUT2D eigenvalue weighted by atomic mass is 16.2. The zero-order chi connectivity index (χ0) is 20.2. The van der Waals surface area contributed by atoms with Gasteiger partial charge in [-0.2, -0.15) is 0 Å². The first kappa shape index (κ1) is 18.7. The van der Waals surface area contributed by atoms with Gasteiger partial charge < -0.3 is 10.6 Å². The molecular formula is C23H22N4O2. The number of benzene rings is 2. The molecule has 3 amide bonds. The van der Waals surface area contributed by atoms with Crippen LogP contribution in [0, 0.1) is 0 Å². The predicted molar refractivity (Wildman–Crippen MR) is 113 cm³/mol. The largest absolute Gasteiger partial charge is 0.345 e. The number of nitrogens with zero attached hydrogens (tertiary/aromatic N) is 2. The number of anilines is 2. The second kappa shape index (κ2) is 8.14. The molecule has 0 aliphatic carbocycles. The molecule has 0 fully saturated rings. The summed E-state index contributed by atoms with van der Waals surface area (Å²) < 4.78 is 0. The molecule has 2 heterocycles. The van der Waals surface area contributed by atoms with Crippen LogP contribution < -0.4 is 15.5 Å². The smallest absolute Gasteiger partial charge is 0.326 e. The Balaban J connectivity index is 1.51. The summed E-state index contributed by atoms with van der Waals surface area (Å²) in [6.45, 7) is 2.47. The third-order valence-corrected chi connectivity index (χ3v) is 5.07. The molecule has 29 heavy (non-hydrogen) atoms. The molecule has 3 aromatic rings. The number of hydrogen-bond donors (Lipinski definition) is 2. The van der Waals surface area contributed by atoms with Crippen LogP contribution in [-0.2, 0) is 6.42 Å². The van der Waals surface area contributed by atoms with Gasteiger partial charge in [0.15, 0.2) is 0 Å². The molecule has 1 aliphatic rings. The summed E-state index contributed by atoms with van der Waals surface area (Å²) >= 11 is 0. The maximum atomic E-state index is 12.9. The van der Waals surface area contributed by atoms with Gasteiger partial charge in [0.25, 0.3) is 5.91 Å². The highest BCUT2D eigenvalue weighted by Crippen LogP contribution is 2.31. The summed E-state index contributed by atoms with van der Waals surface area (Å²) in [5.74, 6) is -0.150. The summed E-state index contributed by atoms with van der Waals surface area (Å²) in [7, 11) is 0. The molecule has 1 atom stereocenters. The van der Waals surface area contributed by atoms with Gasteiger partial charge in [-0.05, 0) is 54.8 Å². The van der Waals surface area contributed by atoms with Gasteiger partial charge in [0.05, 0.1) is 6.04 Å². The van der Waals surface area contributed by atoms with Crippen molar-refractivity contribution in [3.8, 4) is 0 Å². The maximum Gasteiger partial charge on any atom is 0.326 e. The molecule has 0 saturated heterocycles. The fourth-order valence-corrected chi connectivity index (χ4v) is 3.56. The monoisotopic (exact) mass is 386 g/mol. The van der Waals surface area contributed by atoms with Crippen molar-refractivity contribution in [2.24, 2.45) is 0 Å². The summed E-state index contributed by atoms with van der Waals surface area (Å²) in [6.07, 6.45) is 4.09. The molecular weight excluding hydrogens is 364 g/mol. The lowest BCUT2D eigenvalue weighted by Crippen LogP contribution is -2.33. The van der Waals surface area contributed by atoms with E-state index in [1.807, 2.05) is 67.6 Å². The Hall–Kier alpha value is -3.67. The number of pyridine rings is 1. The predicted octanol–water partition coefficient (Wildman–Crippen LogP) is 4.17. The van der Waals surface area contributed by atoms with Crippen molar-refractivity contribution in [2.75, 3.05) is 16.8 Å². The van der Waals surface area contributed by atoms with Crippen molar-refractivity contribution in [1.82, 2.24) is 10.3 Å². The summed E-state index contributed by atoms with van der Waals surface area (Å²) in [5.41, 5.74) is 3.96. The topological polar surface area (TPSA) is 74.3 Å². The number of aromatic nitrogens is 1. The van der Waals surface area contributed by atoms with Gasteiger partial charge in [-0.3, -0.25) is 14.7 Å². The van der Waals surface area contributed by atoms with Gasteiger partial charge in [0, 0.05) is 35.9 Å². The van der Waals surface area contributed by atoms with Crippen LogP contribution in [0.1, 0.15) is 34.5 Å². The molecule has 0 radical (unpaired) electrons. The number of urea groups is 1. The van der Waals surface area contributed by atoms with E-state index in [9.17, 15) is 9.59 Å². The zero-order valence-corrected chi connectivity index (χ0v) is 16.1. The van der Waals surface area contributed by atoms with Gasteiger partial charge in [-0.25, -0.2) is 4.79 Å². The average Bonchev–Trinajstić information content (AvgIpc) is 3.19. The number of carbonyl (C=O) groups excluding carboxylic acids is 2. The number of nitrogens with one attached hydrogen (secondary N) is 2. The molecule has 0 spiro atoms. The highest BCUT2D eigenvalue weighted by molar-refractivity contribution is 6.05. The molecule has 1 aliphatic heterocycles. The molecule has 6 heteroatoms. The van der Waals surface area contributed by atoms with Crippen LogP contribution in [0.25, 0.3) is 0 Å². The van der Waals surface area contributed by atoms with Crippen LogP contribution in [0.3, 0.4) is 0 Å². The number of amides is 3. The van der Waals surface area contributed by atoms with Crippen LogP contribution in [0.5, 0.6) is 0 Å². The SMILES string of the molecule is CC(NC(=O)c1cccc2c1CCN2C(=O)Nc1ccccc1)c1cccnc1. The highest BCUT2D eigenvalue weighted by Gasteiger charge is 2.28. The molecule has 2 N–H and O–H groups in total. The van der Waals surface area contributed by atoms with E-state index in [0.717, 1.165) is 22.5 Å². The fourth-order valence-electron chi connectivity index (χ4n) is 3.56. The van der Waals surface area contributed by atoms with Gasteiger partial charge in [0.1, 0.15) is 0 Å². The summed E-state index contributed by atoms with van der Waals surface area (Å²) in [4.78, 5) is 31.4. The van der Waals surface area contributed by atoms with E-state index in [1.165, 1.54) is 0 Å². The quantitative estimate of drug-likeness (QED) is 0.707. The zero-order valence-electron chi connectivity index (χ0n) is 16.1. The molecule has 4 rings (SSSR count). The van der Waals surface area contributed by atoms with Crippen LogP contribution in [0.2, 0.25) is 0 Å². The number of fused-ring (bicyclic) bond motifs is 1. The molecule has 1 aromatic heterocycles. The normalized spacial score (nSPS) is 13.5. The third-order valence-electron chi connectivity index (χ3n) is 5.07. The standard InChI is InChI=1S/C23H22N4O2/c1-16(17-7-6-13-24-15-17)25-22(28)20-10-5-11-21-19(20)12-14-27(21)23(29)26-18-8-3-2-4-9-18/h2-11,13,15-16H,12,14H2,1H3,(H,25,28)(H,26,29). The Kier molecular flexibility index (Phi) is 5.24. The van der Waals surface area contributed by atoms with E-state index in [2.05, 4.69) is 15.6 Å². The van der Waals surface area contributed by atoms with Crippen LogP contribution in [0.15, 0.2) is 73.1 Å². The molecule has 146 valence electrons. The lowest BCUT2D eigenvalue weighted by atomic mass is 10.0. The lowest BCUT2D eigenvalue weighted by molar-refractivity contribution is 0.0939. The van der Waals surface area contributed by atoms with Crippen molar-refractivity contribution in [3.63, 3.8) is 0 Å². The minimum Gasteiger partial charge on any atom is -0.345 e. The van der Waals surface area contributed by atoms with Gasteiger partial charge in [0.2, 0.25) is 0 Å². The molecule has 6 nitrogen and oxygen atoms in total. The number of carbonyl (C=O) groups is 2. The summed E-state index contributed by atoms with van der Waals surface area (Å²) in [5, 5.41) is 5.93. The van der Waals surface area contributed by atoms with E-state index < -0.39 is 0 Å². The Morgan fingerprint density at radius 2 is 1.86 bits per heavy atom. The molecule has 1 unspecified atom stereocenters. The van der Waals surface area contributed by atoms with E-state index in [1.54, 1.807) is 17.3 Å². The van der Waals surface area contributed by atoms with Crippen molar-refractivity contribution in [3.05, 3.63) is 89.7 Å². The lowest BCUT2D eigenvalue weighted by Gasteiger charge is -2.19. The van der Waals surface area contributed by atoms with E-state index >= 15 is 0 Å². The van der Waals surface area contributed by atoms with Crippen molar-refractivity contribution in [1.29, 1.82) is 0 Å². The second-order valence-corrected chi connectivity index (χ2v) is 6.98. The first-order valence-electron chi connectivity index (χ1n) is 9.60. The molecule has 0 bridgehead atoms. The first-order chi connectivity index (χ1) is 14.1. The minimum absolute atomic E-state index is 0.150. The first-order valence-corrected chi connectivity index (χ1v) is 9.60. The number of hydrogen-bond acceptors (Lipinski definition) is 3. The van der Waals surface area contributed by atoms with Crippen molar-refractivity contribution >= 4 is 23.3 Å². The Morgan fingerprint density at radius 1 is 1.03 bits per heavy atom. The van der Waals surface area contributed by atoms with Crippen molar-refractivity contribution < 1.29 is 9.59 Å². The third kappa shape index (κ3) is 3.96. The summed E-state index contributed by atoms with van der Waals surface area (Å²) in [6, 6.07) is 18.3.